The van der Waals surface area contributed by atoms with Gasteiger partial charge in [-0.1, -0.05) is 275 Å². The number of phosphoric acid groups is 1. The molecular weight excluding hydrogens is 1000 g/mol. The molecule has 10 heteroatoms. The van der Waals surface area contributed by atoms with E-state index in [2.05, 4.69) is 62.5 Å². The van der Waals surface area contributed by atoms with E-state index in [1.54, 1.807) is 0 Å². The Kier molecular flexibility index (Phi) is 57.6. The number of likely N-dealkylation sites (N-methyl/N-ethyl adjacent to an activating group) is 1. The van der Waals surface area contributed by atoms with Gasteiger partial charge in [0.1, 0.15) is 19.3 Å². The molecule has 464 valence electrons. The van der Waals surface area contributed by atoms with Crippen LogP contribution >= 0.6 is 7.82 Å². The first-order valence-corrected chi connectivity index (χ1v) is 35.4. The molecule has 0 aromatic rings. The molecule has 0 aliphatic heterocycles. The van der Waals surface area contributed by atoms with E-state index in [1.807, 2.05) is 33.3 Å². The fourth-order valence-corrected chi connectivity index (χ4v) is 10.7. The van der Waals surface area contributed by atoms with Crippen molar-refractivity contribution in [3.8, 4) is 0 Å². The van der Waals surface area contributed by atoms with Crippen LogP contribution in [0.25, 0.3) is 0 Å². The van der Waals surface area contributed by atoms with E-state index >= 15 is 0 Å². The van der Waals surface area contributed by atoms with Gasteiger partial charge in [0.05, 0.1) is 33.8 Å². The van der Waals surface area contributed by atoms with Crippen LogP contribution in [0.1, 0.15) is 329 Å². The van der Waals surface area contributed by atoms with Crippen molar-refractivity contribution < 1.29 is 37.3 Å². The maximum Gasteiger partial charge on any atom is 0.306 e. The molecule has 0 rings (SSSR count). The number of quaternary nitrogens is 1. The molecule has 3 unspecified atom stereocenters. The largest absolute Gasteiger partial charge is 0.756 e. The van der Waals surface area contributed by atoms with Crippen LogP contribution in [0.3, 0.4) is 0 Å². The Balaban J connectivity index is 5.07. The van der Waals surface area contributed by atoms with Gasteiger partial charge in [0.25, 0.3) is 7.82 Å². The molecule has 0 spiro atoms. The normalized spacial score (nSPS) is 13.9. The zero-order chi connectivity index (χ0) is 57.9. The highest BCUT2D eigenvalue weighted by atomic mass is 31.2. The molecule has 3 atom stereocenters. The lowest BCUT2D eigenvalue weighted by atomic mass is 10.0. The number of allylic oxidation sites excluding steroid dienone is 7. The topological polar surface area (TPSA) is 114 Å². The van der Waals surface area contributed by atoms with Gasteiger partial charge in [-0.25, -0.2) is 0 Å². The van der Waals surface area contributed by atoms with Gasteiger partial charge in [-0.2, -0.15) is 0 Å². The van der Waals surface area contributed by atoms with Crippen LogP contribution in [-0.4, -0.2) is 69.4 Å². The maximum atomic E-state index is 13.6. The van der Waals surface area contributed by atoms with Crippen LogP contribution in [-0.2, 0) is 27.9 Å². The lowest BCUT2D eigenvalue weighted by molar-refractivity contribution is -0.870. The fraction of sp³-hybridized carbons (Fsp3) is 0.855. The van der Waals surface area contributed by atoms with E-state index in [0.717, 1.165) is 64.2 Å². The molecule has 0 saturated carbocycles. The van der Waals surface area contributed by atoms with Gasteiger partial charge in [0, 0.05) is 12.8 Å². The van der Waals surface area contributed by atoms with Crippen molar-refractivity contribution in [2.24, 2.45) is 0 Å². The molecule has 0 aromatic carbocycles. The van der Waals surface area contributed by atoms with Crippen LogP contribution in [0.5, 0.6) is 0 Å². The second kappa shape index (κ2) is 59.1. The summed E-state index contributed by atoms with van der Waals surface area (Å²) >= 11 is 0. The number of ether oxygens (including phenoxy) is 1. The number of unbranched alkanes of at least 4 members (excludes halogenated alkanes) is 40. The zero-order valence-corrected chi connectivity index (χ0v) is 54.0. The van der Waals surface area contributed by atoms with Crippen molar-refractivity contribution in [2.45, 2.75) is 341 Å². The Morgan fingerprint density at radius 2 is 0.772 bits per heavy atom. The standard InChI is InChI=1S/C69H131N2O7P/c1-7-10-13-16-19-22-25-27-29-31-33-34-35-36-38-39-41-43-46-49-52-55-58-61-68(72)70-66(65-77-79(74,75)76-64-63-71(4,5)6)67(60-57-54-51-48-45-24-21-18-15-12-9-3)78-69(73)62-59-56-53-50-47-44-42-40-37-32-30-28-26-23-20-17-14-11-8-2/h20,23,27-30,57,60,66-67H,7-19,21-22,24-26,31-56,58-59,61-65H2,1-6H3,(H-,70,72,74,75)/b23-20-,29-27+,30-28-,60-57-. The van der Waals surface area contributed by atoms with E-state index in [0.29, 0.717) is 17.4 Å². The van der Waals surface area contributed by atoms with Crippen molar-refractivity contribution >= 4 is 19.7 Å². The molecule has 0 aliphatic carbocycles. The summed E-state index contributed by atoms with van der Waals surface area (Å²) < 4.78 is 30.4. The van der Waals surface area contributed by atoms with Crippen molar-refractivity contribution in [3.05, 3.63) is 48.6 Å². The summed E-state index contributed by atoms with van der Waals surface area (Å²) in [6, 6.07) is -0.889. The lowest BCUT2D eigenvalue weighted by Gasteiger charge is -2.30. The smallest absolute Gasteiger partial charge is 0.306 e. The predicted octanol–water partition coefficient (Wildman–Crippen LogP) is 20.6. The Bertz CT molecular complexity index is 1490. The van der Waals surface area contributed by atoms with Crippen molar-refractivity contribution in [3.63, 3.8) is 0 Å². The average molecular weight is 1130 g/mol. The van der Waals surface area contributed by atoms with E-state index < -0.39 is 20.0 Å². The monoisotopic (exact) mass is 1130 g/mol. The number of nitrogens with one attached hydrogen (secondary N) is 1. The quantitative estimate of drug-likeness (QED) is 0.0212. The Morgan fingerprint density at radius 1 is 0.443 bits per heavy atom. The number of carbonyl (C=O) groups excluding carboxylic acids is 2. The molecular formula is C69H131N2O7P. The van der Waals surface area contributed by atoms with E-state index in [-0.39, 0.29) is 31.5 Å². The maximum absolute atomic E-state index is 13.6. The van der Waals surface area contributed by atoms with Crippen molar-refractivity contribution in [1.82, 2.24) is 5.32 Å². The van der Waals surface area contributed by atoms with E-state index in [9.17, 15) is 19.0 Å². The summed E-state index contributed by atoms with van der Waals surface area (Å²) in [5, 5.41) is 3.04. The minimum Gasteiger partial charge on any atom is -0.756 e. The van der Waals surface area contributed by atoms with E-state index in [1.165, 1.54) is 231 Å². The van der Waals surface area contributed by atoms with E-state index in [4.69, 9.17) is 13.8 Å². The molecule has 0 heterocycles. The van der Waals surface area contributed by atoms with Crippen LogP contribution in [0.15, 0.2) is 48.6 Å². The molecule has 1 N–H and O–H groups in total. The van der Waals surface area contributed by atoms with Gasteiger partial charge in [-0.05, 0) is 89.5 Å². The van der Waals surface area contributed by atoms with Crippen LogP contribution in [0.4, 0.5) is 0 Å². The van der Waals surface area contributed by atoms with Gasteiger partial charge >= 0.3 is 5.97 Å². The number of amides is 1. The number of esters is 1. The third-order valence-corrected chi connectivity index (χ3v) is 16.2. The minimum absolute atomic E-state index is 0.0220. The van der Waals surface area contributed by atoms with Gasteiger partial charge < -0.3 is 28.5 Å². The second-order valence-corrected chi connectivity index (χ2v) is 25.7. The molecule has 0 radical (unpaired) electrons. The molecule has 0 aliphatic rings. The number of phosphoric ester groups is 1. The van der Waals surface area contributed by atoms with Crippen LogP contribution < -0.4 is 10.2 Å². The highest BCUT2D eigenvalue weighted by Gasteiger charge is 2.27. The molecule has 79 heavy (non-hydrogen) atoms. The van der Waals surface area contributed by atoms with Gasteiger partial charge in [0.2, 0.25) is 5.91 Å². The van der Waals surface area contributed by atoms with Crippen molar-refractivity contribution in [1.29, 1.82) is 0 Å². The summed E-state index contributed by atoms with van der Waals surface area (Å²) in [6.07, 6.45) is 73.7. The minimum atomic E-state index is -4.70. The number of hydrogen-bond acceptors (Lipinski definition) is 7. The first kappa shape index (κ1) is 77.0. The molecule has 0 aromatic heterocycles. The molecule has 0 bridgehead atoms. The Labute approximate surface area is 490 Å². The molecule has 1 amide bonds. The highest BCUT2D eigenvalue weighted by Crippen LogP contribution is 2.38. The third-order valence-electron chi connectivity index (χ3n) is 15.2. The lowest BCUT2D eigenvalue weighted by Crippen LogP contribution is -2.47. The zero-order valence-electron chi connectivity index (χ0n) is 53.1. The van der Waals surface area contributed by atoms with Crippen LogP contribution in [0.2, 0.25) is 0 Å². The van der Waals surface area contributed by atoms with Crippen LogP contribution in [0, 0.1) is 0 Å². The summed E-state index contributed by atoms with van der Waals surface area (Å²) in [5.41, 5.74) is 0. The summed E-state index contributed by atoms with van der Waals surface area (Å²) in [4.78, 5) is 40.1. The first-order chi connectivity index (χ1) is 38.4. The predicted molar refractivity (Wildman–Crippen MR) is 339 cm³/mol. The SMILES string of the molecule is CCCCC/C=C\C/C=C\CCCCCCCCCCCC(=O)OC(/C=C\CCCCCCCCCCC)C(COP(=O)([O-])OCC[N+](C)(C)C)NC(=O)CCCCCCCCCCCCCCC/C=C/CCCCCCCC. The Hall–Kier alpha value is -2.03. The van der Waals surface area contributed by atoms with Crippen molar-refractivity contribution in [2.75, 3.05) is 40.9 Å². The second-order valence-electron chi connectivity index (χ2n) is 24.3. The highest BCUT2D eigenvalue weighted by molar-refractivity contribution is 7.45. The van der Waals surface area contributed by atoms with Gasteiger partial charge in [-0.15, -0.1) is 0 Å². The molecule has 0 fully saturated rings. The number of hydrogen-bond donors (Lipinski definition) is 1. The summed E-state index contributed by atoms with van der Waals surface area (Å²) in [6.45, 7) is 6.85. The van der Waals surface area contributed by atoms with Gasteiger partial charge in [0.15, 0.2) is 0 Å². The summed E-state index contributed by atoms with van der Waals surface area (Å²) in [7, 11) is 1.19. The Morgan fingerprint density at radius 3 is 1.18 bits per heavy atom. The number of rotatable bonds is 62. The molecule has 9 nitrogen and oxygen atoms in total. The number of carbonyl (C=O) groups is 2. The molecule has 0 saturated heterocycles. The number of nitrogens with zero attached hydrogens (tertiary/aromatic N) is 1. The van der Waals surface area contributed by atoms with Gasteiger partial charge in [-0.3, -0.25) is 14.2 Å². The fourth-order valence-electron chi connectivity index (χ4n) is 9.96. The third kappa shape index (κ3) is 60.4. The summed E-state index contributed by atoms with van der Waals surface area (Å²) in [5.74, 6) is -0.534. The average Bonchev–Trinajstić information content (AvgIpc) is 3.41. The first-order valence-electron chi connectivity index (χ1n) is 33.9.